The summed E-state index contributed by atoms with van der Waals surface area (Å²) in [6, 6.07) is 15.3. The molecule has 0 bridgehead atoms. The first-order valence-electron chi connectivity index (χ1n) is 8.55. The molecule has 1 atom stereocenters. The van der Waals surface area contributed by atoms with E-state index >= 15 is 0 Å². The molecule has 0 aliphatic rings. The number of fused-ring (bicyclic) bond motifs is 1. The van der Waals surface area contributed by atoms with Crippen LogP contribution in [-0.4, -0.2) is 22.8 Å². The highest BCUT2D eigenvalue weighted by Gasteiger charge is 2.19. The summed E-state index contributed by atoms with van der Waals surface area (Å²) in [6.07, 6.45) is -0.779. The van der Waals surface area contributed by atoms with Gasteiger partial charge in [0, 0.05) is 10.9 Å². The predicted octanol–water partition coefficient (Wildman–Crippen LogP) is 4.65. The van der Waals surface area contributed by atoms with Gasteiger partial charge in [-0.15, -0.1) is 0 Å². The summed E-state index contributed by atoms with van der Waals surface area (Å²) in [5, 5.41) is 0.710. The molecule has 1 heterocycles. The lowest BCUT2D eigenvalue weighted by atomic mass is 9.99. The number of esters is 1. The third-order valence-electron chi connectivity index (χ3n) is 4.45. The normalized spacial score (nSPS) is 12.0. The van der Waals surface area contributed by atoms with E-state index in [1.54, 1.807) is 13.0 Å². The van der Waals surface area contributed by atoms with Crippen molar-refractivity contribution in [1.82, 2.24) is 4.98 Å². The van der Waals surface area contributed by atoms with Crippen LogP contribution < -0.4 is 0 Å². The van der Waals surface area contributed by atoms with E-state index in [1.807, 2.05) is 50.2 Å². The van der Waals surface area contributed by atoms with Crippen molar-refractivity contribution in [3.63, 3.8) is 0 Å². The van der Waals surface area contributed by atoms with Gasteiger partial charge in [-0.3, -0.25) is 4.79 Å². The minimum atomic E-state index is -0.779. The van der Waals surface area contributed by atoms with E-state index in [0.29, 0.717) is 22.2 Å². The number of benzene rings is 2. The fourth-order valence-corrected chi connectivity index (χ4v) is 2.89. The first-order valence-corrected chi connectivity index (χ1v) is 8.55. The molecule has 0 saturated carbocycles. The highest BCUT2D eigenvalue weighted by Crippen LogP contribution is 2.28. The van der Waals surface area contributed by atoms with Gasteiger partial charge in [0.2, 0.25) is 0 Å². The Morgan fingerprint density at radius 2 is 1.77 bits per heavy atom. The molecule has 26 heavy (non-hydrogen) atoms. The molecule has 0 spiro atoms. The number of carbonyl (C=O) groups is 2. The van der Waals surface area contributed by atoms with E-state index in [0.717, 1.165) is 11.1 Å². The van der Waals surface area contributed by atoms with Crippen molar-refractivity contribution >= 4 is 22.7 Å². The second-order valence-electron chi connectivity index (χ2n) is 6.55. The summed E-state index contributed by atoms with van der Waals surface area (Å²) in [4.78, 5) is 28.9. The smallest absolute Gasteiger partial charge is 0.339 e. The number of Topliss-reactive ketones (excluding diaryl/α,β-unsaturated/α-hetero) is 1. The second-order valence-corrected chi connectivity index (χ2v) is 6.55. The molecule has 0 N–H and O–H groups in total. The minimum absolute atomic E-state index is 0.189. The first-order chi connectivity index (χ1) is 12.4. The van der Waals surface area contributed by atoms with Gasteiger partial charge in [0.1, 0.15) is 0 Å². The first kappa shape index (κ1) is 17.8. The lowest BCUT2D eigenvalue weighted by molar-refractivity contribution is -0.124. The molecule has 0 aliphatic carbocycles. The van der Waals surface area contributed by atoms with Crippen LogP contribution in [0.3, 0.4) is 0 Å². The molecule has 0 fully saturated rings. The topological polar surface area (TPSA) is 56.3 Å². The molecule has 1 unspecified atom stereocenters. The quantitative estimate of drug-likeness (QED) is 0.645. The zero-order valence-corrected chi connectivity index (χ0v) is 15.4. The van der Waals surface area contributed by atoms with Crippen molar-refractivity contribution in [2.45, 2.75) is 33.8 Å². The van der Waals surface area contributed by atoms with E-state index in [2.05, 4.69) is 6.07 Å². The molecule has 0 radical (unpaired) electrons. The van der Waals surface area contributed by atoms with E-state index in [9.17, 15) is 9.59 Å². The average molecular weight is 347 g/mol. The summed E-state index contributed by atoms with van der Waals surface area (Å²) in [5.41, 5.74) is 5.07. The summed E-state index contributed by atoms with van der Waals surface area (Å²) in [5.74, 6) is -0.705. The van der Waals surface area contributed by atoms with E-state index < -0.39 is 12.1 Å². The average Bonchev–Trinajstić information content (AvgIpc) is 2.60. The largest absolute Gasteiger partial charge is 0.451 e. The monoisotopic (exact) mass is 347 g/mol. The van der Waals surface area contributed by atoms with Gasteiger partial charge >= 0.3 is 5.97 Å². The van der Waals surface area contributed by atoms with E-state index in [4.69, 9.17) is 9.72 Å². The van der Waals surface area contributed by atoms with Crippen LogP contribution in [-0.2, 0) is 9.53 Å². The van der Waals surface area contributed by atoms with Crippen molar-refractivity contribution in [3.8, 4) is 11.3 Å². The number of aromatic nitrogens is 1. The van der Waals surface area contributed by atoms with Crippen LogP contribution in [0.15, 0.2) is 48.5 Å². The number of carbonyl (C=O) groups excluding carboxylic acids is 2. The predicted molar refractivity (Wildman–Crippen MR) is 102 cm³/mol. The molecule has 2 aromatic carbocycles. The number of nitrogens with zero attached hydrogens (tertiary/aromatic N) is 1. The van der Waals surface area contributed by atoms with Crippen LogP contribution in [0.2, 0.25) is 0 Å². The zero-order valence-electron chi connectivity index (χ0n) is 15.4. The maximum atomic E-state index is 12.7. The van der Waals surface area contributed by atoms with Crippen LogP contribution in [0.1, 0.15) is 35.3 Å². The Bertz CT molecular complexity index is 1010. The van der Waals surface area contributed by atoms with Gasteiger partial charge in [0.05, 0.1) is 16.8 Å². The van der Waals surface area contributed by atoms with Gasteiger partial charge in [-0.2, -0.15) is 0 Å². The number of rotatable bonds is 4. The Morgan fingerprint density at radius 3 is 2.46 bits per heavy atom. The number of para-hydroxylation sites is 1. The molecule has 0 saturated heterocycles. The van der Waals surface area contributed by atoms with Crippen molar-refractivity contribution in [1.29, 1.82) is 0 Å². The number of ketones is 1. The van der Waals surface area contributed by atoms with Crippen LogP contribution in [0.5, 0.6) is 0 Å². The third-order valence-corrected chi connectivity index (χ3v) is 4.45. The Hall–Kier alpha value is -3.01. The lowest BCUT2D eigenvalue weighted by Crippen LogP contribution is -2.22. The van der Waals surface area contributed by atoms with Gasteiger partial charge in [-0.05, 0) is 45.4 Å². The highest BCUT2D eigenvalue weighted by molar-refractivity contribution is 6.05. The van der Waals surface area contributed by atoms with Gasteiger partial charge in [-0.25, -0.2) is 9.78 Å². The second kappa shape index (κ2) is 7.08. The number of pyridine rings is 1. The highest BCUT2D eigenvalue weighted by atomic mass is 16.5. The molecule has 132 valence electrons. The van der Waals surface area contributed by atoms with Crippen molar-refractivity contribution < 1.29 is 14.3 Å². The van der Waals surface area contributed by atoms with Gasteiger partial charge in [0.15, 0.2) is 11.9 Å². The molecular formula is C22H21NO3. The van der Waals surface area contributed by atoms with Crippen molar-refractivity contribution in [3.05, 3.63) is 65.2 Å². The number of hydrogen-bond acceptors (Lipinski definition) is 4. The van der Waals surface area contributed by atoms with Gasteiger partial charge in [-0.1, -0.05) is 42.0 Å². The molecular weight excluding hydrogens is 326 g/mol. The molecule has 0 amide bonds. The summed E-state index contributed by atoms with van der Waals surface area (Å²) in [6.45, 7) is 7.05. The fraction of sp³-hybridized carbons (Fsp3) is 0.227. The van der Waals surface area contributed by atoms with E-state index in [-0.39, 0.29) is 5.78 Å². The fourth-order valence-electron chi connectivity index (χ4n) is 2.89. The SMILES string of the molecule is CC(=O)C(C)OC(=O)c1cc(-c2ccc(C)cc2C)nc2ccccc12. The summed E-state index contributed by atoms with van der Waals surface area (Å²) < 4.78 is 5.33. The minimum Gasteiger partial charge on any atom is -0.451 e. The Kier molecular flexibility index (Phi) is 4.85. The molecule has 1 aromatic heterocycles. The Balaban J connectivity index is 2.15. The van der Waals surface area contributed by atoms with Crippen LogP contribution in [0.25, 0.3) is 22.2 Å². The van der Waals surface area contributed by atoms with E-state index in [1.165, 1.54) is 12.5 Å². The molecule has 0 aliphatic heterocycles. The molecule has 4 nitrogen and oxygen atoms in total. The Morgan fingerprint density at radius 1 is 1.04 bits per heavy atom. The van der Waals surface area contributed by atoms with Crippen molar-refractivity contribution in [2.24, 2.45) is 0 Å². The Labute approximate surface area is 152 Å². The van der Waals surface area contributed by atoms with Gasteiger partial charge < -0.3 is 4.74 Å². The molecule has 4 heteroatoms. The zero-order chi connectivity index (χ0) is 18.8. The standard InChI is InChI=1S/C22H21NO3/c1-13-9-10-17(14(2)11-13)21-12-19(22(25)26-16(4)15(3)24)18-7-5-6-8-20(18)23-21/h5-12,16H,1-4H3. The maximum Gasteiger partial charge on any atom is 0.339 e. The summed E-state index contributed by atoms with van der Waals surface area (Å²) in [7, 11) is 0. The lowest BCUT2D eigenvalue weighted by Gasteiger charge is -2.14. The van der Waals surface area contributed by atoms with Crippen LogP contribution in [0.4, 0.5) is 0 Å². The third kappa shape index (κ3) is 3.49. The number of ether oxygens (including phenoxy) is 1. The van der Waals surface area contributed by atoms with Crippen LogP contribution in [0, 0.1) is 13.8 Å². The van der Waals surface area contributed by atoms with Gasteiger partial charge in [0.25, 0.3) is 0 Å². The van der Waals surface area contributed by atoms with Crippen LogP contribution >= 0.6 is 0 Å². The molecule has 3 aromatic rings. The molecule has 3 rings (SSSR count). The van der Waals surface area contributed by atoms with Crippen molar-refractivity contribution in [2.75, 3.05) is 0 Å². The number of hydrogen-bond donors (Lipinski definition) is 0. The number of aryl methyl sites for hydroxylation is 2. The summed E-state index contributed by atoms with van der Waals surface area (Å²) >= 11 is 0. The maximum absolute atomic E-state index is 12.7.